The van der Waals surface area contributed by atoms with E-state index in [9.17, 15) is 4.79 Å². The molecule has 8 heteroatoms. The molecular formula is C11H14N6O2. The van der Waals surface area contributed by atoms with Crippen molar-refractivity contribution in [2.75, 3.05) is 18.0 Å². The molecule has 0 spiro atoms. The normalized spacial score (nSPS) is 18.7. The average molecular weight is 262 g/mol. The molecule has 0 aromatic carbocycles. The maximum atomic E-state index is 11.1. The van der Waals surface area contributed by atoms with Gasteiger partial charge in [0, 0.05) is 13.1 Å². The summed E-state index contributed by atoms with van der Waals surface area (Å²) in [6.45, 7) is 1.09. The molecule has 1 saturated heterocycles. The summed E-state index contributed by atoms with van der Waals surface area (Å²) in [6, 6.07) is 0. The van der Waals surface area contributed by atoms with E-state index < -0.39 is 11.5 Å². The SMILES string of the molecule is NC1(C(=O)O)CCN(c2ncnc3[nH]cnc23)CC1. The van der Waals surface area contributed by atoms with E-state index in [-0.39, 0.29) is 0 Å². The lowest BCUT2D eigenvalue weighted by Crippen LogP contribution is -2.55. The number of nitrogens with zero attached hydrogens (tertiary/aromatic N) is 4. The van der Waals surface area contributed by atoms with Crippen molar-refractivity contribution in [3.05, 3.63) is 12.7 Å². The van der Waals surface area contributed by atoms with E-state index in [2.05, 4.69) is 19.9 Å². The Morgan fingerprint density at radius 1 is 1.37 bits per heavy atom. The standard InChI is InChI=1S/C11H14N6O2/c12-11(10(18)19)1-3-17(4-2-11)9-7-8(14-5-13-7)15-6-16-9/h5-6H,1-4,12H2,(H,18,19)(H,13,14,15,16). The summed E-state index contributed by atoms with van der Waals surface area (Å²) >= 11 is 0. The third-order valence-electron chi connectivity index (χ3n) is 3.58. The van der Waals surface area contributed by atoms with Crippen molar-refractivity contribution >= 4 is 23.0 Å². The van der Waals surface area contributed by atoms with Crippen LogP contribution in [0.5, 0.6) is 0 Å². The molecule has 1 aliphatic heterocycles. The molecule has 3 rings (SSSR count). The van der Waals surface area contributed by atoms with Crippen LogP contribution in [-0.2, 0) is 4.79 Å². The van der Waals surface area contributed by atoms with E-state index in [4.69, 9.17) is 10.8 Å². The molecule has 8 nitrogen and oxygen atoms in total. The summed E-state index contributed by atoms with van der Waals surface area (Å²) in [4.78, 5) is 28.5. The highest BCUT2D eigenvalue weighted by molar-refractivity contribution is 5.83. The van der Waals surface area contributed by atoms with Crippen LogP contribution in [0, 0.1) is 0 Å². The maximum absolute atomic E-state index is 11.1. The second-order valence-electron chi connectivity index (χ2n) is 4.75. The van der Waals surface area contributed by atoms with Crippen LogP contribution >= 0.6 is 0 Å². The molecule has 1 fully saturated rings. The smallest absolute Gasteiger partial charge is 0.323 e. The largest absolute Gasteiger partial charge is 0.480 e. The molecule has 0 amide bonds. The second kappa shape index (κ2) is 4.16. The third-order valence-corrected chi connectivity index (χ3v) is 3.58. The summed E-state index contributed by atoms with van der Waals surface area (Å²) in [7, 11) is 0. The van der Waals surface area contributed by atoms with Gasteiger partial charge in [-0.1, -0.05) is 0 Å². The van der Waals surface area contributed by atoms with Gasteiger partial charge in [-0.25, -0.2) is 15.0 Å². The number of piperidine rings is 1. The zero-order valence-electron chi connectivity index (χ0n) is 10.2. The molecule has 2 aromatic rings. The summed E-state index contributed by atoms with van der Waals surface area (Å²) in [5.41, 5.74) is 6.09. The molecule has 0 aliphatic carbocycles. The van der Waals surface area contributed by atoms with Gasteiger partial charge in [-0.2, -0.15) is 0 Å². The number of hydrogen-bond donors (Lipinski definition) is 3. The third kappa shape index (κ3) is 1.89. The fourth-order valence-electron chi connectivity index (χ4n) is 2.31. The number of H-pyrrole nitrogens is 1. The zero-order chi connectivity index (χ0) is 13.5. The fraction of sp³-hybridized carbons (Fsp3) is 0.455. The zero-order valence-corrected chi connectivity index (χ0v) is 10.2. The number of carbonyl (C=O) groups is 1. The van der Waals surface area contributed by atoms with Gasteiger partial charge in [-0.3, -0.25) is 4.79 Å². The average Bonchev–Trinajstić information content (AvgIpc) is 2.87. The number of carboxylic acids is 1. The van der Waals surface area contributed by atoms with Crippen LogP contribution in [0.2, 0.25) is 0 Å². The Labute approximate surface area is 108 Å². The molecule has 1 aliphatic rings. The highest BCUT2D eigenvalue weighted by atomic mass is 16.4. The first kappa shape index (κ1) is 11.8. The van der Waals surface area contributed by atoms with Crippen LogP contribution in [-0.4, -0.2) is 49.6 Å². The van der Waals surface area contributed by atoms with E-state index in [0.717, 1.165) is 5.82 Å². The van der Waals surface area contributed by atoms with Crippen LogP contribution in [0.25, 0.3) is 11.2 Å². The highest BCUT2D eigenvalue weighted by Crippen LogP contribution is 2.26. The van der Waals surface area contributed by atoms with Crippen molar-refractivity contribution in [2.45, 2.75) is 18.4 Å². The van der Waals surface area contributed by atoms with Gasteiger partial charge < -0.3 is 20.7 Å². The number of fused-ring (bicyclic) bond motifs is 1. The summed E-state index contributed by atoms with van der Waals surface area (Å²) in [5, 5.41) is 9.11. The Morgan fingerprint density at radius 2 is 2.11 bits per heavy atom. The van der Waals surface area contributed by atoms with Crippen molar-refractivity contribution in [3.63, 3.8) is 0 Å². The van der Waals surface area contributed by atoms with Crippen molar-refractivity contribution in [3.8, 4) is 0 Å². The number of imidazole rings is 1. The summed E-state index contributed by atoms with van der Waals surface area (Å²) < 4.78 is 0. The van der Waals surface area contributed by atoms with Gasteiger partial charge in [0.15, 0.2) is 11.5 Å². The summed E-state index contributed by atoms with van der Waals surface area (Å²) in [5.74, 6) is -0.224. The number of aliphatic carboxylic acids is 1. The van der Waals surface area contributed by atoms with E-state index in [1.165, 1.54) is 6.33 Å². The molecule has 4 N–H and O–H groups in total. The molecule has 0 saturated carbocycles. The van der Waals surface area contributed by atoms with Crippen LogP contribution in [0.3, 0.4) is 0 Å². The first-order valence-electron chi connectivity index (χ1n) is 6.01. The quantitative estimate of drug-likeness (QED) is 0.681. The number of hydrogen-bond acceptors (Lipinski definition) is 6. The first-order valence-corrected chi connectivity index (χ1v) is 6.01. The fourth-order valence-corrected chi connectivity index (χ4v) is 2.31. The molecule has 0 unspecified atom stereocenters. The number of rotatable bonds is 2. The number of aromatic nitrogens is 4. The van der Waals surface area contributed by atoms with E-state index in [1.54, 1.807) is 6.33 Å². The lowest BCUT2D eigenvalue weighted by atomic mass is 9.89. The van der Waals surface area contributed by atoms with Gasteiger partial charge in [0.1, 0.15) is 17.4 Å². The number of nitrogens with one attached hydrogen (secondary N) is 1. The molecule has 0 radical (unpaired) electrons. The Kier molecular flexibility index (Phi) is 2.59. The number of carboxylic acid groups (broad SMARTS) is 1. The van der Waals surface area contributed by atoms with Crippen LogP contribution in [0.4, 0.5) is 5.82 Å². The topological polar surface area (TPSA) is 121 Å². The van der Waals surface area contributed by atoms with Gasteiger partial charge in [-0.15, -0.1) is 0 Å². The Bertz CT molecular complexity index is 616. The monoisotopic (exact) mass is 262 g/mol. The molecule has 3 heterocycles. The Morgan fingerprint density at radius 3 is 2.79 bits per heavy atom. The predicted molar refractivity (Wildman–Crippen MR) is 67.7 cm³/mol. The van der Waals surface area contributed by atoms with Crippen molar-refractivity contribution in [2.24, 2.45) is 5.73 Å². The number of anilines is 1. The Hall–Kier alpha value is -2.22. The first-order chi connectivity index (χ1) is 9.10. The van der Waals surface area contributed by atoms with E-state index >= 15 is 0 Å². The van der Waals surface area contributed by atoms with Crippen molar-refractivity contribution in [1.29, 1.82) is 0 Å². The predicted octanol–water partition coefficient (Wildman–Crippen LogP) is -0.265. The number of nitrogens with two attached hydrogens (primary N) is 1. The molecule has 19 heavy (non-hydrogen) atoms. The minimum atomic E-state index is -1.13. The van der Waals surface area contributed by atoms with E-state index in [1.807, 2.05) is 4.90 Å². The molecule has 2 aromatic heterocycles. The highest BCUT2D eigenvalue weighted by Gasteiger charge is 2.38. The van der Waals surface area contributed by atoms with Gasteiger partial charge in [0.2, 0.25) is 0 Å². The van der Waals surface area contributed by atoms with Crippen molar-refractivity contribution < 1.29 is 9.90 Å². The maximum Gasteiger partial charge on any atom is 0.323 e. The summed E-state index contributed by atoms with van der Waals surface area (Å²) in [6.07, 6.45) is 3.81. The Balaban J connectivity index is 1.86. The molecule has 0 bridgehead atoms. The lowest BCUT2D eigenvalue weighted by molar-refractivity contribution is -0.144. The number of aromatic amines is 1. The second-order valence-corrected chi connectivity index (χ2v) is 4.75. The van der Waals surface area contributed by atoms with Crippen LogP contribution < -0.4 is 10.6 Å². The van der Waals surface area contributed by atoms with Gasteiger partial charge in [0.05, 0.1) is 6.33 Å². The van der Waals surface area contributed by atoms with Crippen LogP contribution in [0.1, 0.15) is 12.8 Å². The van der Waals surface area contributed by atoms with Gasteiger partial charge >= 0.3 is 5.97 Å². The molecular weight excluding hydrogens is 248 g/mol. The van der Waals surface area contributed by atoms with Crippen LogP contribution in [0.15, 0.2) is 12.7 Å². The minimum absolute atomic E-state index is 0.387. The van der Waals surface area contributed by atoms with Crippen molar-refractivity contribution in [1.82, 2.24) is 19.9 Å². The van der Waals surface area contributed by atoms with Gasteiger partial charge in [-0.05, 0) is 12.8 Å². The van der Waals surface area contributed by atoms with Gasteiger partial charge in [0.25, 0.3) is 0 Å². The minimum Gasteiger partial charge on any atom is -0.480 e. The lowest BCUT2D eigenvalue weighted by Gasteiger charge is -2.36. The van der Waals surface area contributed by atoms with E-state index in [0.29, 0.717) is 37.1 Å². The molecule has 100 valence electrons. The molecule has 0 atom stereocenters.